The molecule has 1 unspecified atom stereocenters. The lowest BCUT2D eigenvalue weighted by Crippen LogP contribution is -2.37. The number of anilines is 2. The summed E-state index contributed by atoms with van der Waals surface area (Å²) in [6.45, 7) is 0. The Bertz CT molecular complexity index is 617. The molecule has 0 saturated carbocycles. The summed E-state index contributed by atoms with van der Waals surface area (Å²) < 4.78 is 22.2. The molecule has 1 aromatic rings. The van der Waals surface area contributed by atoms with Crippen LogP contribution in [0.25, 0.3) is 0 Å². The highest BCUT2D eigenvalue weighted by Crippen LogP contribution is 2.32. The van der Waals surface area contributed by atoms with Crippen LogP contribution in [0, 0.1) is 0 Å². The molecule has 0 radical (unpaired) electrons. The summed E-state index contributed by atoms with van der Waals surface area (Å²) in [5.74, 6) is -0.568. The van der Waals surface area contributed by atoms with Crippen molar-refractivity contribution in [2.24, 2.45) is 5.73 Å². The standard InChI is InChI=1S/C13H20ClN3O3S/c1-17(2)12-9(14)5-4-6-11(12)16-13(18)10(15)7-8-21(3,19)20/h4-6,10H,7-8,15H2,1-3H3,(H,16,18). The molecule has 21 heavy (non-hydrogen) atoms. The molecule has 0 aliphatic rings. The Kier molecular flexibility index (Phi) is 6.00. The number of halogens is 1. The van der Waals surface area contributed by atoms with Gasteiger partial charge < -0.3 is 16.0 Å². The van der Waals surface area contributed by atoms with Crippen LogP contribution in [0.4, 0.5) is 11.4 Å². The van der Waals surface area contributed by atoms with Crippen molar-refractivity contribution in [1.82, 2.24) is 0 Å². The summed E-state index contributed by atoms with van der Waals surface area (Å²) in [7, 11) is 0.469. The Labute approximate surface area is 130 Å². The van der Waals surface area contributed by atoms with Crippen molar-refractivity contribution in [1.29, 1.82) is 0 Å². The van der Waals surface area contributed by atoms with Crippen molar-refractivity contribution < 1.29 is 13.2 Å². The maximum Gasteiger partial charge on any atom is 0.241 e. The molecule has 0 heterocycles. The van der Waals surface area contributed by atoms with Gasteiger partial charge in [-0.25, -0.2) is 8.42 Å². The molecule has 0 spiro atoms. The Morgan fingerprint density at radius 1 is 1.43 bits per heavy atom. The van der Waals surface area contributed by atoms with Crippen LogP contribution in [0.3, 0.4) is 0 Å². The third kappa shape index (κ3) is 5.53. The number of amides is 1. The van der Waals surface area contributed by atoms with E-state index >= 15 is 0 Å². The lowest BCUT2D eigenvalue weighted by molar-refractivity contribution is -0.117. The minimum absolute atomic E-state index is 0.0720. The fraction of sp³-hybridized carbons (Fsp3) is 0.462. The molecule has 0 aliphatic carbocycles. The fourth-order valence-corrected chi connectivity index (χ4v) is 2.79. The van der Waals surface area contributed by atoms with Crippen LogP contribution in [0.2, 0.25) is 5.02 Å². The topological polar surface area (TPSA) is 92.5 Å². The number of carbonyl (C=O) groups is 1. The lowest BCUT2D eigenvalue weighted by Gasteiger charge is -2.20. The van der Waals surface area contributed by atoms with Crippen molar-refractivity contribution in [2.75, 3.05) is 36.3 Å². The van der Waals surface area contributed by atoms with Gasteiger partial charge in [-0.1, -0.05) is 17.7 Å². The minimum Gasteiger partial charge on any atom is -0.375 e. The lowest BCUT2D eigenvalue weighted by atomic mass is 10.2. The highest BCUT2D eigenvalue weighted by Gasteiger charge is 2.18. The van der Waals surface area contributed by atoms with E-state index in [0.29, 0.717) is 16.4 Å². The number of hydrogen-bond acceptors (Lipinski definition) is 5. The van der Waals surface area contributed by atoms with Gasteiger partial charge in [-0.05, 0) is 18.6 Å². The smallest absolute Gasteiger partial charge is 0.241 e. The van der Waals surface area contributed by atoms with E-state index in [1.807, 2.05) is 0 Å². The van der Waals surface area contributed by atoms with Crippen molar-refractivity contribution in [3.8, 4) is 0 Å². The van der Waals surface area contributed by atoms with Gasteiger partial charge in [-0.3, -0.25) is 4.79 Å². The summed E-state index contributed by atoms with van der Waals surface area (Å²) in [4.78, 5) is 13.8. The average molecular weight is 334 g/mol. The van der Waals surface area contributed by atoms with Gasteiger partial charge in [-0.15, -0.1) is 0 Å². The van der Waals surface area contributed by atoms with Crippen LogP contribution in [0.15, 0.2) is 18.2 Å². The van der Waals surface area contributed by atoms with Crippen molar-refractivity contribution in [2.45, 2.75) is 12.5 Å². The molecule has 118 valence electrons. The van der Waals surface area contributed by atoms with Crippen LogP contribution in [0.1, 0.15) is 6.42 Å². The first-order valence-electron chi connectivity index (χ1n) is 6.32. The van der Waals surface area contributed by atoms with Crippen molar-refractivity contribution in [3.63, 3.8) is 0 Å². The molecule has 8 heteroatoms. The van der Waals surface area contributed by atoms with Crippen LogP contribution in [0.5, 0.6) is 0 Å². The average Bonchev–Trinajstić information content (AvgIpc) is 2.34. The van der Waals surface area contributed by atoms with E-state index in [-0.39, 0.29) is 12.2 Å². The fourth-order valence-electron chi connectivity index (χ4n) is 1.77. The molecule has 0 bridgehead atoms. The minimum atomic E-state index is -3.14. The van der Waals surface area contributed by atoms with E-state index in [2.05, 4.69) is 5.32 Å². The molecular weight excluding hydrogens is 314 g/mol. The van der Waals surface area contributed by atoms with E-state index in [1.54, 1.807) is 37.2 Å². The van der Waals surface area contributed by atoms with E-state index in [1.165, 1.54) is 0 Å². The van der Waals surface area contributed by atoms with Gasteiger partial charge in [0.15, 0.2) is 0 Å². The number of nitrogens with one attached hydrogen (secondary N) is 1. The normalized spacial score (nSPS) is 12.8. The van der Waals surface area contributed by atoms with Gasteiger partial charge >= 0.3 is 0 Å². The number of benzene rings is 1. The van der Waals surface area contributed by atoms with Crippen LogP contribution in [-0.4, -0.2) is 46.5 Å². The predicted octanol–water partition coefficient (Wildman–Crippen LogP) is 1.11. The molecule has 0 aromatic heterocycles. The van der Waals surface area contributed by atoms with E-state index in [4.69, 9.17) is 17.3 Å². The number of carbonyl (C=O) groups excluding carboxylic acids is 1. The summed E-state index contributed by atoms with van der Waals surface area (Å²) in [5.41, 5.74) is 6.92. The Hall–Kier alpha value is -1.31. The Balaban J connectivity index is 2.82. The molecule has 1 amide bonds. The van der Waals surface area contributed by atoms with E-state index in [0.717, 1.165) is 6.26 Å². The molecule has 0 saturated heterocycles. The van der Waals surface area contributed by atoms with Gasteiger partial charge in [-0.2, -0.15) is 0 Å². The number of rotatable bonds is 6. The molecule has 0 aliphatic heterocycles. The quantitative estimate of drug-likeness (QED) is 0.813. The monoisotopic (exact) mass is 333 g/mol. The summed E-state index contributed by atoms with van der Waals surface area (Å²) >= 11 is 6.10. The van der Waals surface area contributed by atoms with Gasteiger partial charge in [0.25, 0.3) is 0 Å². The third-order valence-electron chi connectivity index (χ3n) is 2.83. The molecule has 3 N–H and O–H groups in total. The number of sulfone groups is 1. The summed E-state index contributed by atoms with van der Waals surface area (Å²) in [5, 5.41) is 3.19. The van der Waals surface area contributed by atoms with Gasteiger partial charge in [0, 0.05) is 20.4 Å². The van der Waals surface area contributed by atoms with E-state index in [9.17, 15) is 13.2 Å². The second-order valence-corrected chi connectivity index (χ2v) is 7.71. The third-order valence-corrected chi connectivity index (χ3v) is 4.11. The molecule has 0 fully saturated rings. The first-order chi connectivity index (χ1) is 9.61. The first kappa shape index (κ1) is 17.7. The van der Waals surface area contributed by atoms with Crippen molar-refractivity contribution in [3.05, 3.63) is 23.2 Å². The molecule has 6 nitrogen and oxygen atoms in total. The predicted molar refractivity (Wildman–Crippen MR) is 86.7 cm³/mol. The second-order valence-electron chi connectivity index (χ2n) is 5.04. The molecule has 1 aromatic carbocycles. The Morgan fingerprint density at radius 2 is 2.05 bits per heavy atom. The Morgan fingerprint density at radius 3 is 2.57 bits per heavy atom. The zero-order chi connectivity index (χ0) is 16.2. The van der Waals surface area contributed by atoms with E-state index < -0.39 is 21.8 Å². The molecular formula is C13H20ClN3O3S. The number of para-hydroxylation sites is 1. The van der Waals surface area contributed by atoms with Gasteiger partial charge in [0.05, 0.1) is 28.2 Å². The van der Waals surface area contributed by atoms with Crippen molar-refractivity contribution >= 4 is 38.7 Å². The zero-order valence-corrected chi connectivity index (χ0v) is 13.8. The van der Waals surface area contributed by atoms with Gasteiger partial charge in [0.1, 0.15) is 9.84 Å². The first-order valence-corrected chi connectivity index (χ1v) is 8.75. The van der Waals surface area contributed by atoms with Gasteiger partial charge in [0.2, 0.25) is 5.91 Å². The maximum atomic E-state index is 12.0. The molecule has 1 rings (SSSR count). The zero-order valence-electron chi connectivity index (χ0n) is 12.3. The number of nitrogens with two attached hydrogens (primary N) is 1. The molecule has 1 atom stereocenters. The van der Waals surface area contributed by atoms with Crippen LogP contribution < -0.4 is 16.0 Å². The largest absolute Gasteiger partial charge is 0.375 e. The SMILES string of the molecule is CN(C)c1c(Cl)cccc1NC(=O)C(N)CCS(C)(=O)=O. The highest BCUT2D eigenvalue weighted by molar-refractivity contribution is 7.90. The number of hydrogen-bond donors (Lipinski definition) is 2. The second kappa shape index (κ2) is 7.11. The maximum absolute atomic E-state index is 12.0. The summed E-state index contributed by atoms with van der Waals surface area (Å²) in [6, 6.07) is 4.25. The number of nitrogens with zero attached hydrogens (tertiary/aromatic N) is 1. The summed E-state index contributed by atoms with van der Waals surface area (Å²) in [6.07, 6.45) is 1.18. The highest BCUT2D eigenvalue weighted by atomic mass is 35.5. The van der Waals surface area contributed by atoms with Crippen LogP contribution >= 0.6 is 11.6 Å². The van der Waals surface area contributed by atoms with Crippen LogP contribution in [-0.2, 0) is 14.6 Å².